The average molecular weight is 410 g/mol. The molecule has 6 heteroatoms. The number of rotatable bonds is 9. The van der Waals surface area contributed by atoms with Crippen molar-refractivity contribution in [3.63, 3.8) is 0 Å². The molecule has 0 bridgehead atoms. The molecule has 0 saturated heterocycles. The third kappa shape index (κ3) is 5.56. The van der Waals surface area contributed by atoms with Crippen molar-refractivity contribution in [1.29, 1.82) is 0 Å². The van der Waals surface area contributed by atoms with Crippen LogP contribution in [0.25, 0.3) is 0 Å². The van der Waals surface area contributed by atoms with Crippen molar-refractivity contribution in [2.75, 3.05) is 6.61 Å². The van der Waals surface area contributed by atoms with Gasteiger partial charge in [-0.2, -0.15) is 0 Å². The molecule has 0 saturated carbocycles. The number of benzene rings is 2. The summed E-state index contributed by atoms with van der Waals surface area (Å²) in [5.41, 5.74) is 1.04. The lowest BCUT2D eigenvalue weighted by atomic mass is 10.2. The fourth-order valence-electron chi connectivity index (χ4n) is 2.19. The van der Waals surface area contributed by atoms with E-state index in [9.17, 15) is 8.42 Å². The summed E-state index contributed by atoms with van der Waals surface area (Å²) in [5, 5.41) is 0. The lowest BCUT2D eigenvalue weighted by molar-refractivity contribution is 0.105. The zero-order valence-electron chi connectivity index (χ0n) is 13.2. The van der Waals surface area contributed by atoms with Gasteiger partial charge >= 0.3 is 0 Å². The van der Waals surface area contributed by atoms with Crippen LogP contribution >= 0.6 is 15.9 Å². The maximum Gasteiger partial charge on any atom is 0.242 e. The SMILES string of the molecule is C=CC[C@H](COCc1ccccc1)NS(=O)(=O)c1ccccc1Br. The Morgan fingerprint density at radius 1 is 1.12 bits per heavy atom. The average Bonchev–Trinajstić information content (AvgIpc) is 2.56. The Labute approximate surface area is 151 Å². The molecule has 2 aromatic rings. The number of halogens is 1. The number of hydrogen-bond donors (Lipinski definition) is 1. The Kier molecular flexibility index (Phi) is 7.17. The zero-order valence-corrected chi connectivity index (χ0v) is 15.6. The van der Waals surface area contributed by atoms with Gasteiger partial charge in [-0.1, -0.05) is 48.5 Å². The number of hydrogen-bond acceptors (Lipinski definition) is 3. The smallest absolute Gasteiger partial charge is 0.242 e. The fourth-order valence-corrected chi connectivity index (χ4v) is 4.43. The second-order valence-corrected chi connectivity index (χ2v) is 7.81. The fraction of sp³-hybridized carbons (Fsp3) is 0.222. The van der Waals surface area contributed by atoms with Crippen LogP contribution in [0.4, 0.5) is 0 Å². The minimum absolute atomic E-state index is 0.210. The molecule has 0 aromatic heterocycles. The van der Waals surface area contributed by atoms with Crippen molar-refractivity contribution in [2.24, 2.45) is 0 Å². The highest BCUT2D eigenvalue weighted by Crippen LogP contribution is 2.21. The van der Waals surface area contributed by atoms with E-state index in [2.05, 4.69) is 27.2 Å². The van der Waals surface area contributed by atoms with E-state index < -0.39 is 10.0 Å². The lowest BCUT2D eigenvalue weighted by Gasteiger charge is -2.18. The maximum absolute atomic E-state index is 12.5. The van der Waals surface area contributed by atoms with Crippen LogP contribution in [0, 0.1) is 0 Å². The first-order chi connectivity index (χ1) is 11.5. The summed E-state index contributed by atoms with van der Waals surface area (Å²) in [5.74, 6) is 0. The molecule has 2 rings (SSSR count). The first-order valence-electron chi connectivity index (χ1n) is 7.52. The first-order valence-corrected chi connectivity index (χ1v) is 9.80. The van der Waals surface area contributed by atoms with Gasteiger partial charge < -0.3 is 4.74 Å². The summed E-state index contributed by atoms with van der Waals surface area (Å²) in [6.07, 6.45) is 2.16. The van der Waals surface area contributed by atoms with Gasteiger partial charge in [0.2, 0.25) is 10.0 Å². The normalized spacial score (nSPS) is 12.7. The van der Waals surface area contributed by atoms with Crippen molar-refractivity contribution >= 4 is 26.0 Å². The van der Waals surface area contributed by atoms with Gasteiger partial charge in [0.25, 0.3) is 0 Å². The quantitative estimate of drug-likeness (QED) is 0.639. The molecule has 4 nitrogen and oxygen atoms in total. The Bertz CT molecular complexity index is 763. The molecule has 0 aliphatic rings. The third-order valence-electron chi connectivity index (χ3n) is 3.33. The molecule has 24 heavy (non-hydrogen) atoms. The largest absolute Gasteiger partial charge is 0.375 e. The predicted molar refractivity (Wildman–Crippen MR) is 99.2 cm³/mol. The van der Waals surface area contributed by atoms with Crippen LogP contribution in [0.2, 0.25) is 0 Å². The van der Waals surface area contributed by atoms with Gasteiger partial charge in [-0.15, -0.1) is 6.58 Å². The van der Waals surface area contributed by atoms with Crippen molar-refractivity contribution in [1.82, 2.24) is 4.72 Å². The first kappa shape index (κ1) is 18.9. The van der Waals surface area contributed by atoms with E-state index in [0.717, 1.165) is 5.56 Å². The summed E-state index contributed by atoms with van der Waals surface area (Å²) in [6, 6.07) is 16.1. The summed E-state index contributed by atoms with van der Waals surface area (Å²) < 4.78 is 34.0. The van der Waals surface area contributed by atoms with E-state index in [-0.39, 0.29) is 17.5 Å². The molecule has 0 heterocycles. The summed E-state index contributed by atoms with van der Waals surface area (Å²) in [7, 11) is -3.63. The molecule has 2 aromatic carbocycles. The lowest BCUT2D eigenvalue weighted by Crippen LogP contribution is -2.38. The van der Waals surface area contributed by atoms with Crippen molar-refractivity contribution in [3.8, 4) is 0 Å². The van der Waals surface area contributed by atoms with Crippen LogP contribution < -0.4 is 4.72 Å². The summed E-state index contributed by atoms with van der Waals surface area (Å²) in [6.45, 7) is 4.39. The molecule has 0 unspecified atom stereocenters. The molecule has 1 N–H and O–H groups in total. The molecule has 128 valence electrons. The van der Waals surface area contributed by atoms with Crippen LogP contribution in [-0.4, -0.2) is 21.1 Å². The molecule has 0 radical (unpaired) electrons. The standard InChI is InChI=1S/C18H20BrNO3S/c1-2-8-16(14-23-13-15-9-4-3-5-10-15)20-24(21,22)18-12-7-6-11-17(18)19/h2-7,9-12,16,20H,1,8,13-14H2/t16-/m1/s1. The number of sulfonamides is 1. The minimum atomic E-state index is -3.63. The zero-order chi connectivity index (χ0) is 17.4. The highest BCUT2D eigenvalue weighted by Gasteiger charge is 2.21. The van der Waals surface area contributed by atoms with Gasteiger partial charge in [0, 0.05) is 10.5 Å². The third-order valence-corrected chi connectivity index (χ3v) is 5.86. The van der Waals surface area contributed by atoms with Crippen molar-refractivity contribution in [3.05, 3.63) is 77.3 Å². The van der Waals surface area contributed by atoms with Gasteiger partial charge in [0.1, 0.15) is 0 Å². The topological polar surface area (TPSA) is 55.4 Å². The second kappa shape index (κ2) is 9.13. The van der Waals surface area contributed by atoms with Gasteiger partial charge in [-0.25, -0.2) is 13.1 Å². The summed E-state index contributed by atoms with van der Waals surface area (Å²) >= 11 is 3.27. The minimum Gasteiger partial charge on any atom is -0.375 e. The van der Waals surface area contributed by atoms with Gasteiger partial charge in [-0.05, 0) is 40.0 Å². The molecule has 0 aliphatic carbocycles. The number of nitrogens with one attached hydrogen (secondary N) is 1. The molecule has 1 atom stereocenters. The summed E-state index contributed by atoms with van der Waals surface area (Å²) in [4.78, 5) is 0.210. The van der Waals surface area contributed by atoms with Gasteiger partial charge in [0.15, 0.2) is 0 Å². The van der Waals surface area contributed by atoms with E-state index in [1.165, 1.54) is 0 Å². The van der Waals surface area contributed by atoms with Crippen molar-refractivity contribution in [2.45, 2.75) is 24.0 Å². The number of ether oxygens (including phenoxy) is 1. The van der Waals surface area contributed by atoms with Crippen LogP contribution in [-0.2, 0) is 21.4 Å². The Morgan fingerprint density at radius 3 is 2.46 bits per heavy atom. The highest BCUT2D eigenvalue weighted by atomic mass is 79.9. The molecule has 0 fully saturated rings. The maximum atomic E-state index is 12.5. The van der Waals surface area contributed by atoms with E-state index in [1.54, 1.807) is 30.3 Å². The second-order valence-electron chi connectivity index (χ2n) is 5.27. The van der Waals surface area contributed by atoms with E-state index in [0.29, 0.717) is 17.5 Å². The molecular formula is C18H20BrNO3S. The van der Waals surface area contributed by atoms with Crippen LogP contribution in [0.3, 0.4) is 0 Å². The Hall–Kier alpha value is -1.47. The van der Waals surface area contributed by atoms with E-state index in [1.807, 2.05) is 30.3 Å². The van der Waals surface area contributed by atoms with Crippen LogP contribution in [0.5, 0.6) is 0 Å². The molecule has 0 spiro atoms. The monoisotopic (exact) mass is 409 g/mol. The molecular weight excluding hydrogens is 390 g/mol. The van der Waals surface area contributed by atoms with Gasteiger partial charge in [0.05, 0.1) is 18.1 Å². The predicted octanol–water partition coefficient (Wildman–Crippen LogP) is 3.89. The van der Waals surface area contributed by atoms with Crippen LogP contribution in [0.1, 0.15) is 12.0 Å². The van der Waals surface area contributed by atoms with Crippen LogP contribution in [0.15, 0.2) is 76.6 Å². The Morgan fingerprint density at radius 2 is 1.79 bits per heavy atom. The van der Waals surface area contributed by atoms with E-state index in [4.69, 9.17) is 4.74 Å². The van der Waals surface area contributed by atoms with Gasteiger partial charge in [-0.3, -0.25) is 0 Å². The highest BCUT2D eigenvalue weighted by molar-refractivity contribution is 9.10. The Balaban J connectivity index is 2.00. The molecule has 0 amide bonds. The van der Waals surface area contributed by atoms with Crippen molar-refractivity contribution < 1.29 is 13.2 Å². The molecule has 0 aliphatic heterocycles. The van der Waals surface area contributed by atoms with E-state index >= 15 is 0 Å².